The van der Waals surface area contributed by atoms with Crippen molar-refractivity contribution in [3.8, 4) is 5.75 Å². The molecular weight excluding hydrogens is 256 g/mol. The number of amides is 1. The van der Waals surface area contributed by atoms with Crippen LogP contribution in [0.4, 0.5) is 5.82 Å². The molecule has 0 atom stereocenters. The second-order valence-electron chi connectivity index (χ2n) is 4.09. The van der Waals surface area contributed by atoms with Crippen LogP contribution >= 0.6 is 0 Å². The molecule has 20 heavy (non-hydrogen) atoms. The van der Waals surface area contributed by atoms with E-state index in [4.69, 9.17) is 4.74 Å². The Bertz CT molecular complexity index is 584. The van der Waals surface area contributed by atoms with Crippen LogP contribution in [-0.2, 0) is 6.54 Å². The van der Waals surface area contributed by atoms with Gasteiger partial charge >= 0.3 is 0 Å². The zero-order chi connectivity index (χ0) is 14.4. The smallest absolute Gasteiger partial charge is 0.271 e. The summed E-state index contributed by atoms with van der Waals surface area (Å²) in [7, 11) is 3.19. The van der Waals surface area contributed by atoms with Gasteiger partial charge in [-0.2, -0.15) is 0 Å². The van der Waals surface area contributed by atoms with E-state index in [-0.39, 0.29) is 5.91 Å². The van der Waals surface area contributed by atoms with E-state index in [0.717, 1.165) is 11.3 Å². The van der Waals surface area contributed by atoms with E-state index in [1.165, 1.54) is 0 Å². The molecule has 1 heterocycles. The molecule has 104 valence electrons. The van der Waals surface area contributed by atoms with Crippen molar-refractivity contribution in [3.05, 3.63) is 47.7 Å². The Morgan fingerprint density at radius 1 is 1.25 bits per heavy atom. The molecule has 2 N–H and O–H groups in total. The number of methoxy groups -OCH3 is 1. The quantitative estimate of drug-likeness (QED) is 0.861. The van der Waals surface area contributed by atoms with Crippen LogP contribution in [0.15, 0.2) is 36.4 Å². The number of nitrogens with zero attached hydrogens (tertiary/aromatic N) is 2. The van der Waals surface area contributed by atoms with Gasteiger partial charge in [0.05, 0.1) is 7.11 Å². The number of anilines is 1. The number of hydrogen-bond acceptors (Lipinski definition) is 5. The average Bonchev–Trinajstić information content (AvgIpc) is 2.53. The highest BCUT2D eigenvalue weighted by atomic mass is 16.5. The van der Waals surface area contributed by atoms with Crippen molar-refractivity contribution in [2.24, 2.45) is 0 Å². The van der Waals surface area contributed by atoms with Gasteiger partial charge in [-0.25, -0.2) is 0 Å². The molecule has 2 rings (SSSR count). The van der Waals surface area contributed by atoms with Crippen molar-refractivity contribution in [2.75, 3.05) is 19.5 Å². The molecule has 6 heteroatoms. The first-order valence-corrected chi connectivity index (χ1v) is 6.15. The highest BCUT2D eigenvalue weighted by molar-refractivity contribution is 5.91. The Labute approximate surface area is 117 Å². The highest BCUT2D eigenvalue weighted by Gasteiger charge is 2.05. The monoisotopic (exact) mass is 272 g/mol. The Hall–Kier alpha value is -2.63. The Morgan fingerprint density at radius 3 is 2.75 bits per heavy atom. The normalized spacial score (nSPS) is 9.90. The lowest BCUT2D eigenvalue weighted by atomic mass is 10.2. The third-order valence-electron chi connectivity index (χ3n) is 2.73. The van der Waals surface area contributed by atoms with Crippen molar-refractivity contribution >= 4 is 11.7 Å². The number of aromatic nitrogens is 2. The molecule has 0 fully saturated rings. The van der Waals surface area contributed by atoms with Crippen LogP contribution in [0.1, 0.15) is 16.1 Å². The van der Waals surface area contributed by atoms with Gasteiger partial charge in [-0.05, 0) is 29.8 Å². The van der Waals surface area contributed by atoms with Crippen LogP contribution in [0.25, 0.3) is 0 Å². The maximum absolute atomic E-state index is 11.3. The van der Waals surface area contributed by atoms with Crippen LogP contribution in [-0.4, -0.2) is 30.3 Å². The molecule has 0 bridgehead atoms. The minimum Gasteiger partial charge on any atom is -0.497 e. The molecule has 1 aromatic heterocycles. The van der Waals surface area contributed by atoms with Crippen LogP contribution in [0, 0.1) is 0 Å². The van der Waals surface area contributed by atoms with Crippen molar-refractivity contribution in [1.82, 2.24) is 15.5 Å². The topological polar surface area (TPSA) is 76.1 Å². The lowest BCUT2D eigenvalue weighted by Crippen LogP contribution is -2.19. The first kappa shape index (κ1) is 13.8. The fourth-order valence-electron chi connectivity index (χ4n) is 1.65. The number of ether oxygens (including phenoxy) is 1. The van der Waals surface area contributed by atoms with Crippen molar-refractivity contribution < 1.29 is 9.53 Å². The summed E-state index contributed by atoms with van der Waals surface area (Å²) in [5.74, 6) is 1.17. The molecule has 0 aliphatic rings. The molecule has 0 aliphatic carbocycles. The third kappa shape index (κ3) is 3.44. The molecular formula is C14H16N4O2. The Balaban J connectivity index is 1.98. The second-order valence-corrected chi connectivity index (χ2v) is 4.09. The lowest BCUT2D eigenvalue weighted by Gasteiger charge is -2.07. The van der Waals surface area contributed by atoms with Gasteiger partial charge in [-0.1, -0.05) is 12.1 Å². The number of rotatable bonds is 5. The standard InChI is InChI=1S/C14H16N4O2/c1-15-14(19)12-6-7-13(18-17-12)16-9-10-4-3-5-11(8-10)20-2/h3-8H,9H2,1-2H3,(H,15,19)(H,16,18). The van der Waals surface area contributed by atoms with Crippen LogP contribution < -0.4 is 15.4 Å². The lowest BCUT2D eigenvalue weighted by molar-refractivity contribution is 0.0957. The summed E-state index contributed by atoms with van der Waals surface area (Å²) in [6.45, 7) is 0.602. The number of nitrogens with one attached hydrogen (secondary N) is 2. The summed E-state index contributed by atoms with van der Waals surface area (Å²) < 4.78 is 5.16. The van der Waals surface area contributed by atoms with E-state index in [1.54, 1.807) is 26.3 Å². The fourth-order valence-corrected chi connectivity index (χ4v) is 1.65. The van der Waals surface area contributed by atoms with E-state index >= 15 is 0 Å². The molecule has 0 aliphatic heterocycles. The third-order valence-corrected chi connectivity index (χ3v) is 2.73. The summed E-state index contributed by atoms with van der Waals surface area (Å²) in [4.78, 5) is 11.3. The van der Waals surface area contributed by atoms with E-state index in [1.807, 2.05) is 24.3 Å². The molecule has 0 unspecified atom stereocenters. The summed E-state index contributed by atoms with van der Waals surface area (Å²) in [6.07, 6.45) is 0. The SMILES string of the molecule is CNC(=O)c1ccc(NCc2cccc(OC)c2)nn1. The van der Waals surface area contributed by atoms with Crippen LogP contribution in [0.2, 0.25) is 0 Å². The largest absolute Gasteiger partial charge is 0.497 e. The van der Waals surface area contributed by atoms with Crippen LogP contribution in [0.5, 0.6) is 5.75 Å². The predicted octanol–water partition coefficient (Wildman–Crippen LogP) is 1.46. The Morgan fingerprint density at radius 2 is 2.10 bits per heavy atom. The molecule has 0 spiro atoms. The van der Waals surface area contributed by atoms with E-state index in [2.05, 4.69) is 20.8 Å². The first-order chi connectivity index (χ1) is 9.72. The molecule has 0 saturated carbocycles. The minimum atomic E-state index is -0.253. The van der Waals surface area contributed by atoms with Crippen LogP contribution in [0.3, 0.4) is 0 Å². The van der Waals surface area contributed by atoms with Gasteiger partial charge in [0.15, 0.2) is 5.69 Å². The van der Waals surface area contributed by atoms with Crippen molar-refractivity contribution in [2.45, 2.75) is 6.54 Å². The number of benzene rings is 1. The molecule has 0 radical (unpaired) electrons. The minimum absolute atomic E-state index is 0.253. The van der Waals surface area contributed by atoms with Crippen molar-refractivity contribution in [3.63, 3.8) is 0 Å². The maximum Gasteiger partial charge on any atom is 0.271 e. The van der Waals surface area contributed by atoms with Gasteiger partial charge in [-0.15, -0.1) is 10.2 Å². The number of carbonyl (C=O) groups is 1. The van der Waals surface area contributed by atoms with Gasteiger partial charge in [0, 0.05) is 13.6 Å². The summed E-state index contributed by atoms with van der Waals surface area (Å²) in [5.41, 5.74) is 1.36. The van der Waals surface area contributed by atoms with Crippen molar-refractivity contribution in [1.29, 1.82) is 0 Å². The van der Waals surface area contributed by atoms with Gasteiger partial charge in [0.2, 0.25) is 0 Å². The van der Waals surface area contributed by atoms with Gasteiger partial charge in [0.1, 0.15) is 11.6 Å². The summed E-state index contributed by atoms with van der Waals surface area (Å²) >= 11 is 0. The molecule has 0 saturated heterocycles. The van der Waals surface area contributed by atoms with Gasteiger partial charge in [0.25, 0.3) is 5.91 Å². The molecule has 2 aromatic rings. The van der Waals surface area contributed by atoms with E-state index < -0.39 is 0 Å². The van der Waals surface area contributed by atoms with Gasteiger partial charge in [-0.3, -0.25) is 4.79 Å². The molecule has 6 nitrogen and oxygen atoms in total. The number of carbonyl (C=O) groups excluding carboxylic acids is 1. The second kappa shape index (κ2) is 6.51. The predicted molar refractivity (Wildman–Crippen MR) is 75.7 cm³/mol. The maximum atomic E-state index is 11.3. The zero-order valence-corrected chi connectivity index (χ0v) is 11.4. The summed E-state index contributed by atoms with van der Waals surface area (Å²) in [6, 6.07) is 11.1. The zero-order valence-electron chi connectivity index (χ0n) is 11.4. The van der Waals surface area contributed by atoms with Gasteiger partial charge < -0.3 is 15.4 Å². The Kier molecular flexibility index (Phi) is 4.49. The van der Waals surface area contributed by atoms with E-state index in [0.29, 0.717) is 18.1 Å². The highest BCUT2D eigenvalue weighted by Crippen LogP contribution is 2.13. The first-order valence-electron chi connectivity index (χ1n) is 6.15. The molecule has 1 aromatic carbocycles. The van der Waals surface area contributed by atoms with E-state index in [9.17, 15) is 4.79 Å². The average molecular weight is 272 g/mol. The fraction of sp³-hybridized carbons (Fsp3) is 0.214. The summed E-state index contributed by atoms with van der Waals surface area (Å²) in [5, 5.41) is 13.4. The molecule has 1 amide bonds. The number of hydrogen-bond donors (Lipinski definition) is 2.